The largest absolute Gasteiger partial charge is 0.377 e. The molecule has 0 aliphatic carbocycles. The average molecular weight is 226 g/mol. The number of likely N-dealkylation sites (tertiary alicyclic amines) is 1. The van der Waals surface area contributed by atoms with E-state index in [1.54, 1.807) is 0 Å². The van der Waals surface area contributed by atoms with Gasteiger partial charge in [-0.3, -0.25) is 0 Å². The van der Waals surface area contributed by atoms with Gasteiger partial charge in [0.2, 0.25) is 0 Å². The van der Waals surface area contributed by atoms with Gasteiger partial charge >= 0.3 is 0 Å². The SMILES string of the molecule is C[C@@H]1OCC[C@@]1(C)NCCN1CCCCC1. The monoisotopic (exact) mass is 226 g/mol. The highest BCUT2D eigenvalue weighted by Gasteiger charge is 2.36. The van der Waals surface area contributed by atoms with Gasteiger partial charge in [0.15, 0.2) is 0 Å². The van der Waals surface area contributed by atoms with Crippen LogP contribution in [0, 0.1) is 0 Å². The molecule has 2 atom stereocenters. The van der Waals surface area contributed by atoms with Crippen molar-refractivity contribution in [1.82, 2.24) is 10.2 Å². The van der Waals surface area contributed by atoms with Crippen molar-refractivity contribution in [2.75, 3.05) is 32.8 Å². The van der Waals surface area contributed by atoms with Crippen molar-refractivity contribution < 1.29 is 4.74 Å². The molecule has 0 bridgehead atoms. The third-order valence-electron chi connectivity index (χ3n) is 4.29. The molecule has 3 nitrogen and oxygen atoms in total. The van der Waals surface area contributed by atoms with Crippen LogP contribution in [0.3, 0.4) is 0 Å². The van der Waals surface area contributed by atoms with Crippen LogP contribution in [0.5, 0.6) is 0 Å². The molecule has 94 valence electrons. The number of hydrogen-bond acceptors (Lipinski definition) is 3. The minimum Gasteiger partial charge on any atom is -0.377 e. The quantitative estimate of drug-likeness (QED) is 0.788. The van der Waals surface area contributed by atoms with Crippen LogP contribution < -0.4 is 5.32 Å². The fourth-order valence-corrected chi connectivity index (χ4v) is 2.75. The molecule has 0 aromatic carbocycles. The average Bonchev–Trinajstić information content (AvgIpc) is 2.61. The Kier molecular flexibility index (Phi) is 4.22. The molecular formula is C13H26N2O. The highest BCUT2D eigenvalue weighted by molar-refractivity contribution is 4.93. The van der Waals surface area contributed by atoms with Gasteiger partial charge in [-0.15, -0.1) is 0 Å². The van der Waals surface area contributed by atoms with E-state index < -0.39 is 0 Å². The minimum absolute atomic E-state index is 0.204. The van der Waals surface area contributed by atoms with E-state index in [4.69, 9.17) is 4.74 Å². The Balaban J connectivity index is 1.66. The second-order valence-electron chi connectivity index (χ2n) is 5.51. The maximum absolute atomic E-state index is 5.63. The van der Waals surface area contributed by atoms with Crippen LogP contribution in [-0.2, 0) is 4.74 Å². The van der Waals surface area contributed by atoms with E-state index in [0.717, 1.165) is 19.6 Å². The standard InChI is InChI=1S/C13H26N2O/c1-12-13(2,6-11-16-12)14-7-10-15-8-4-3-5-9-15/h12,14H,3-11H2,1-2H3/t12-,13+/m0/s1. The molecule has 0 radical (unpaired) electrons. The molecule has 0 aromatic heterocycles. The normalized spacial score (nSPS) is 36.8. The molecule has 0 unspecified atom stereocenters. The van der Waals surface area contributed by atoms with E-state index in [1.165, 1.54) is 38.9 Å². The van der Waals surface area contributed by atoms with Crippen molar-refractivity contribution in [1.29, 1.82) is 0 Å². The summed E-state index contributed by atoms with van der Waals surface area (Å²) in [6.07, 6.45) is 5.70. The first-order valence-electron chi connectivity index (χ1n) is 6.80. The molecule has 3 heteroatoms. The first-order valence-corrected chi connectivity index (χ1v) is 6.80. The zero-order valence-corrected chi connectivity index (χ0v) is 10.8. The lowest BCUT2D eigenvalue weighted by Gasteiger charge is -2.32. The van der Waals surface area contributed by atoms with Crippen LogP contribution >= 0.6 is 0 Å². The van der Waals surface area contributed by atoms with Gasteiger partial charge < -0.3 is 15.0 Å². The van der Waals surface area contributed by atoms with E-state index >= 15 is 0 Å². The van der Waals surface area contributed by atoms with Crippen molar-refractivity contribution in [3.05, 3.63) is 0 Å². The number of piperidine rings is 1. The Bertz CT molecular complexity index is 216. The highest BCUT2D eigenvalue weighted by atomic mass is 16.5. The number of rotatable bonds is 4. The van der Waals surface area contributed by atoms with Gasteiger partial charge in [0, 0.05) is 25.2 Å². The predicted octanol–water partition coefficient (Wildman–Crippen LogP) is 1.63. The van der Waals surface area contributed by atoms with Gasteiger partial charge in [-0.1, -0.05) is 6.42 Å². The maximum atomic E-state index is 5.63. The Morgan fingerprint density at radius 1 is 1.31 bits per heavy atom. The van der Waals surface area contributed by atoms with Crippen molar-refractivity contribution >= 4 is 0 Å². The molecule has 16 heavy (non-hydrogen) atoms. The highest BCUT2D eigenvalue weighted by Crippen LogP contribution is 2.24. The lowest BCUT2D eigenvalue weighted by atomic mass is 9.95. The van der Waals surface area contributed by atoms with E-state index in [9.17, 15) is 0 Å². The van der Waals surface area contributed by atoms with E-state index in [1.807, 2.05) is 0 Å². The van der Waals surface area contributed by atoms with E-state index in [-0.39, 0.29) is 5.54 Å². The summed E-state index contributed by atoms with van der Waals surface area (Å²) in [6, 6.07) is 0. The van der Waals surface area contributed by atoms with E-state index in [0.29, 0.717) is 6.10 Å². The van der Waals surface area contributed by atoms with Crippen molar-refractivity contribution in [2.24, 2.45) is 0 Å². The predicted molar refractivity (Wildman–Crippen MR) is 66.7 cm³/mol. The smallest absolute Gasteiger partial charge is 0.0726 e. The molecule has 2 rings (SSSR count). The van der Waals surface area contributed by atoms with Gasteiger partial charge in [-0.2, -0.15) is 0 Å². The molecule has 2 fully saturated rings. The summed E-state index contributed by atoms with van der Waals surface area (Å²) >= 11 is 0. The van der Waals surface area contributed by atoms with Gasteiger partial charge in [0.1, 0.15) is 0 Å². The fourth-order valence-electron chi connectivity index (χ4n) is 2.75. The second-order valence-corrected chi connectivity index (χ2v) is 5.51. The van der Waals surface area contributed by atoms with Crippen LogP contribution in [0.1, 0.15) is 39.5 Å². The van der Waals surface area contributed by atoms with Crippen LogP contribution in [0.25, 0.3) is 0 Å². The molecular weight excluding hydrogens is 200 g/mol. The summed E-state index contributed by atoms with van der Waals surface area (Å²) in [5.41, 5.74) is 0.204. The topological polar surface area (TPSA) is 24.5 Å². The molecule has 0 spiro atoms. The molecule has 1 N–H and O–H groups in total. The molecule has 0 saturated carbocycles. The Morgan fingerprint density at radius 2 is 2.06 bits per heavy atom. The third-order valence-corrected chi connectivity index (χ3v) is 4.29. The molecule has 2 saturated heterocycles. The summed E-state index contributed by atoms with van der Waals surface area (Å²) in [7, 11) is 0. The molecule has 0 amide bonds. The third kappa shape index (κ3) is 2.96. The minimum atomic E-state index is 0.204. The summed E-state index contributed by atoms with van der Waals surface area (Å²) in [4.78, 5) is 2.58. The van der Waals surface area contributed by atoms with Crippen molar-refractivity contribution in [3.63, 3.8) is 0 Å². The number of ether oxygens (including phenoxy) is 1. The maximum Gasteiger partial charge on any atom is 0.0726 e. The first kappa shape index (κ1) is 12.3. The first-order chi connectivity index (χ1) is 7.71. The summed E-state index contributed by atoms with van der Waals surface area (Å²) in [5.74, 6) is 0. The van der Waals surface area contributed by atoms with Crippen molar-refractivity contribution in [2.45, 2.75) is 51.2 Å². The number of hydrogen-bond donors (Lipinski definition) is 1. The van der Waals surface area contributed by atoms with Crippen LogP contribution in [0.4, 0.5) is 0 Å². The summed E-state index contributed by atoms with van der Waals surface area (Å²) < 4.78 is 5.63. The van der Waals surface area contributed by atoms with Gasteiger partial charge in [0.25, 0.3) is 0 Å². The molecule has 2 heterocycles. The van der Waals surface area contributed by atoms with Gasteiger partial charge in [-0.05, 0) is 46.2 Å². The zero-order valence-electron chi connectivity index (χ0n) is 10.8. The van der Waals surface area contributed by atoms with Crippen LogP contribution in [0.2, 0.25) is 0 Å². The molecule has 0 aromatic rings. The van der Waals surface area contributed by atoms with Gasteiger partial charge in [0.05, 0.1) is 6.10 Å². The summed E-state index contributed by atoms with van der Waals surface area (Å²) in [5, 5.41) is 3.69. The fraction of sp³-hybridized carbons (Fsp3) is 1.00. The Hall–Kier alpha value is -0.120. The lowest BCUT2D eigenvalue weighted by molar-refractivity contribution is 0.0870. The Labute approximate surface area is 99.5 Å². The zero-order chi connectivity index (χ0) is 11.4. The number of nitrogens with one attached hydrogen (secondary N) is 1. The number of nitrogens with zero attached hydrogens (tertiary/aromatic N) is 1. The molecule has 2 aliphatic rings. The van der Waals surface area contributed by atoms with Crippen LogP contribution in [-0.4, -0.2) is 49.3 Å². The molecule has 2 aliphatic heterocycles. The van der Waals surface area contributed by atoms with E-state index in [2.05, 4.69) is 24.1 Å². The second kappa shape index (κ2) is 5.48. The lowest BCUT2D eigenvalue weighted by Crippen LogP contribution is -2.50. The summed E-state index contributed by atoms with van der Waals surface area (Å²) in [6.45, 7) is 10.3. The van der Waals surface area contributed by atoms with Crippen LogP contribution in [0.15, 0.2) is 0 Å². The van der Waals surface area contributed by atoms with Crippen molar-refractivity contribution in [3.8, 4) is 0 Å². The Morgan fingerprint density at radius 3 is 2.69 bits per heavy atom. The van der Waals surface area contributed by atoms with Gasteiger partial charge in [-0.25, -0.2) is 0 Å².